The highest BCUT2D eigenvalue weighted by molar-refractivity contribution is 9.10. The number of hydrogen-bond donors (Lipinski definition) is 1. The monoisotopic (exact) mass is 310 g/mol. The first kappa shape index (κ1) is 12.5. The van der Waals surface area contributed by atoms with E-state index < -0.39 is 0 Å². The van der Waals surface area contributed by atoms with Crippen LogP contribution in [0.5, 0.6) is 5.75 Å². The smallest absolute Gasteiger partial charge is 0.119 e. The first-order valence-corrected chi connectivity index (χ1v) is 7.42. The minimum atomic E-state index is 0.786. The minimum Gasteiger partial charge on any atom is -0.492 e. The summed E-state index contributed by atoms with van der Waals surface area (Å²) >= 11 is 3.43. The number of halogens is 1. The molecule has 0 spiro atoms. The number of ether oxygens (including phenoxy) is 1. The van der Waals surface area contributed by atoms with Crippen LogP contribution in [0.2, 0.25) is 0 Å². The highest BCUT2D eigenvalue weighted by Crippen LogP contribution is 2.25. The van der Waals surface area contributed by atoms with Gasteiger partial charge in [0.1, 0.15) is 12.4 Å². The van der Waals surface area contributed by atoms with Crippen molar-refractivity contribution in [2.75, 3.05) is 39.3 Å². The Hall–Kier alpha value is -0.580. The van der Waals surface area contributed by atoms with E-state index >= 15 is 0 Å². The predicted octanol–water partition coefficient (Wildman–Crippen LogP) is 1.98. The molecule has 0 saturated carbocycles. The van der Waals surface area contributed by atoms with E-state index in [-0.39, 0.29) is 0 Å². The molecule has 0 bridgehead atoms. The number of rotatable bonds is 4. The molecule has 3 rings (SSSR count). The van der Waals surface area contributed by atoms with Gasteiger partial charge in [-0.2, -0.15) is 0 Å². The van der Waals surface area contributed by atoms with E-state index in [1.807, 2.05) is 24.3 Å². The lowest BCUT2D eigenvalue weighted by Gasteiger charge is -2.17. The van der Waals surface area contributed by atoms with E-state index in [1.165, 1.54) is 26.2 Å². The van der Waals surface area contributed by atoms with Gasteiger partial charge < -0.3 is 10.1 Å². The Labute approximate surface area is 117 Å². The fraction of sp³-hybridized carbons (Fsp3) is 0.571. The zero-order chi connectivity index (χ0) is 12.4. The summed E-state index contributed by atoms with van der Waals surface area (Å²) in [5, 5.41) is 3.47. The highest BCUT2D eigenvalue weighted by atomic mass is 79.9. The van der Waals surface area contributed by atoms with Crippen LogP contribution in [0.3, 0.4) is 0 Å². The van der Waals surface area contributed by atoms with Crippen molar-refractivity contribution in [3.05, 3.63) is 28.7 Å². The molecule has 0 unspecified atom stereocenters. The number of nitrogens with one attached hydrogen (secondary N) is 1. The van der Waals surface area contributed by atoms with E-state index in [0.717, 1.165) is 35.2 Å². The third-order valence-electron chi connectivity index (χ3n) is 3.96. The van der Waals surface area contributed by atoms with E-state index in [9.17, 15) is 0 Å². The van der Waals surface area contributed by atoms with Gasteiger partial charge in [-0.25, -0.2) is 0 Å². The molecule has 0 aliphatic carbocycles. The van der Waals surface area contributed by atoms with Crippen LogP contribution >= 0.6 is 15.9 Å². The molecule has 0 radical (unpaired) electrons. The zero-order valence-electron chi connectivity index (χ0n) is 10.4. The number of nitrogens with zero attached hydrogens (tertiary/aromatic N) is 1. The highest BCUT2D eigenvalue weighted by Gasteiger charge is 2.35. The van der Waals surface area contributed by atoms with Crippen molar-refractivity contribution in [3.8, 4) is 5.75 Å². The molecule has 98 valence electrons. The maximum atomic E-state index is 5.77. The van der Waals surface area contributed by atoms with E-state index in [1.54, 1.807) is 0 Å². The van der Waals surface area contributed by atoms with Crippen LogP contribution in [0.4, 0.5) is 0 Å². The molecule has 1 N–H and O–H groups in total. The lowest BCUT2D eigenvalue weighted by Crippen LogP contribution is -2.29. The maximum absolute atomic E-state index is 5.77. The largest absolute Gasteiger partial charge is 0.492 e. The van der Waals surface area contributed by atoms with Gasteiger partial charge in [0.25, 0.3) is 0 Å². The standard InChI is InChI=1S/C14H19BrN2O/c15-13-1-3-14(4-2-13)18-6-5-17-9-11-7-16-8-12(11)10-17/h1-4,11-12,16H,5-10H2/t11-,12+. The van der Waals surface area contributed by atoms with Gasteiger partial charge in [-0.15, -0.1) is 0 Å². The molecule has 0 aromatic heterocycles. The van der Waals surface area contributed by atoms with Crippen molar-refractivity contribution in [1.29, 1.82) is 0 Å². The molecule has 2 aliphatic heterocycles. The summed E-state index contributed by atoms with van der Waals surface area (Å²) < 4.78 is 6.86. The number of hydrogen-bond acceptors (Lipinski definition) is 3. The molecular formula is C14H19BrN2O. The molecule has 2 fully saturated rings. The van der Waals surface area contributed by atoms with Crippen molar-refractivity contribution >= 4 is 15.9 Å². The maximum Gasteiger partial charge on any atom is 0.119 e. The van der Waals surface area contributed by atoms with E-state index in [2.05, 4.69) is 26.1 Å². The molecule has 4 heteroatoms. The van der Waals surface area contributed by atoms with Gasteiger partial charge >= 0.3 is 0 Å². The van der Waals surface area contributed by atoms with Crippen molar-refractivity contribution in [1.82, 2.24) is 10.2 Å². The minimum absolute atomic E-state index is 0.786. The number of benzene rings is 1. The van der Waals surface area contributed by atoms with Gasteiger partial charge in [-0.1, -0.05) is 15.9 Å². The van der Waals surface area contributed by atoms with Gasteiger partial charge in [0, 0.05) is 24.1 Å². The number of fused-ring (bicyclic) bond motifs is 1. The zero-order valence-corrected chi connectivity index (χ0v) is 12.0. The summed E-state index contributed by atoms with van der Waals surface area (Å²) in [4.78, 5) is 2.54. The summed E-state index contributed by atoms with van der Waals surface area (Å²) in [6, 6.07) is 8.04. The fourth-order valence-electron chi connectivity index (χ4n) is 2.96. The van der Waals surface area contributed by atoms with Crippen LogP contribution in [-0.2, 0) is 0 Å². The van der Waals surface area contributed by atoms with Crippen LogP contribution in [0.15, 0.2) is 28.7 Å². The first-order chi connectivity index (χ1) is 8.81. The summed E-state index contributed by atoms with van der Waals surface area (Å²) in [7, 11) is 0. The molecule has 2 heterocycles. The molecule has 1 aromatic rings. The Bertz CT molecular complexity index is 383. The molecule has 3 nitrogen and oxygen atoms in total. The lowest BCUT2D eigenvalue weighted by molar-refractivity contribution is 0.228. The van der Waals surface area contributed by atoms with E-state index in [4.69, 9.17) is 4.74 Å². The van der Waals surface area contributed by atoms with E-state index in [0.29, 0.717) is 0 Å². The van der Waals surface area contributed by atoms with Crippen molar-refractivity contribution < 1.29 is 4.74 Å². The third-order valence-corrected chi connectivity index (χ3v) is 4.48. The molecule has 1 aromatic carbocycles. The topological polar surface area (TPSA) is 24.5 Å². The summed E-state index contributed by atoms with van der Waals surface area (Å²) in [5.41, 5.74) is 0. The average molecular weight is 311 g/mol. The Morgan fingerprint density at radius 1 is 1.17 bits per heavy atom. The Kier molecular flexibility index (Phi) is 3.87. The van der Waals surface area contributed by atoms with Crippen LogP contribution < -0.4 is 10.1 Å². The lowest BCUT2D eigenvalue weighted by atomic mass is 10.0. The Morgan fingerprint density at radius 3 is 2.50 bits per heavy atom. The first-order valence-electron chi connectivity index (χ1n) is 6.63. The van der Waals surface area contributed by atoms with Gasteiger partial charge in [0.05, 0.1) is 0 Å². The van der Waals surface area contributed by atoms with Crippen LogP contribution in [0.25, 0.3) is 0 Å². The van der Waals surface area contributed by atoms with Gasteiger partial charge in [-0.05, 0) is 49.2 Å². The van der Waals surface area contributed by atoms with Crippen molar-refractivity contribution in [2.24, 2.45) is 11.8 Å². The predicted molar refractivity (Wildman–Crippen MR) is 75.9 cm³/mol. The molecule has 18 heavy (non-hydrogen) atoms. The van der Waals surface area contributed by atoms with Crippen LogP contribution in [-0.4, -0.2) is 44.2 Å². The molecule has 2 saturated heterocycles. The Balaban J connectivity index is 1.41. The van der Waals surface area contributed by atoms with Crippen LogP contribution in [0, 0.1) is 11.8 Å². The van der Waals surface area contributed by atoms with Gasteiger partial charge in [-0.3, -0.25) is 4.90 Å². The summed E-state index contributed by atoms with van der Waals surface area (Å²) in [6.45, 7) is 6.71. The summed E-state index contributed by atoms with van der Waals surface area (Å²) in [5.74, 6) is 2.70. The second-order valence-corrected chi connectivity index (χ2v) is 6.16. The second kappa shape index (κ2) is 5.59. The second-order valence-electron chi connectivity index (χ2n) is 5.24. The molecule has 2 aliphatic rings. The average Bonchev–Trinajstić information content (AvgIpc) is 2.92. The normalized spacial score (nSPS) is 27.4. The molecule has 0 amide bonds. The van der Waals surface area contributed by atoms with Crippen molar-refractivity contribution in [3.63, 3.8) is 0 Å². The molecular weight excluding hydrogens is 292 g/mol. The number of likely N-dealkylation sites (tertiary alicyclic amines) is 1. The van der Waals surface area contributed by atoms with Crippen molar-refractivity contribution in [2.45, 2.75) is 0 Å². The van der Waals surface area contributed by atoms with Crippen LogP contribution in [0.1, 0.15) is 0 Å². The SMILES string of the molecule is Brc1ccc(OCCN2C[C@H]3CNC[C@H]3C2)cc1. The molecule has 2 atom stereocenters. The fourth-order valence-corrected chi connectivity index (χ4v) is 3.22. The van der Waals surface area contributed by atoms with Gasteiger partial charge in [0.2, 0.25) is 0 Å². The third kappa shape index (κ3) is 2.87. The summed E-state index contributed by atoms with van der Waals surface area (Å²) in [6.07, 6.45) is 0. The quantitative estimate of drug-likeness (QED) is 0.920. The Morgan fingerprint density at radius 2 is 1.83 bits per heavy atom. The van der Waals surface area contributed by atoms with Gasteiger partial charge in [0.15, 0.2) is 0 Å².